The molecule has 7 heteroatoms. The molecular formula is C7H14N2O4S. The Morgan fingerprint density at radius 1 is 1.50 bits per heavy atom. The molecule has 0 bridgehead atoms. The molecule has 0 amide bonds. The van der Waals surface area contributed by atoms with Gasteiger partial charge in [0.1, 0.15) is 0 Å². The van der Waals surface area contributed by atoms with Crippen molar-refractivity contribution in [3.05, 3.63) is 0 Å². The standard InChI is InChI=1S/C7H14N2O4S/c1-5-3-9(14(12,13)8-2)4-6(5)7(10)11/h5-6,8H,3-4H2,1-2H3,(H,10,11)/t5-,6-/m1/s1. The average molecular weight is 222 g/mol. The molecule has 0 aromatic heterocycles. The normalized spacial score (nSPS) is 29.3. The monoisotopic (exact) mass is 222 g/mol. The van der Waals surface area contributed by atoms with Crippen LogP contribution in [0.15, 0.2) is 0 Å². The van der Waals surface area contributed by atoms with Gasteiger partial charge in [0.05, 0.1) is 5.92 Å². The molecule has 1 fully saturated rings. The largest absolute Gasteiger partial charge is 0.481 e. The summed E-state index contributed by atoms with van der Waals surface area (Å²) in [5.41, 5.74) is 0. The van der Waals surface area contributed by atoms with Crippen molar-refractivity contribution in [2.45, 2.75) is 6.92 Å². The molecule has 0 aromatic carbocycles. The van der Waals surface area contributed by atoms with Gasteiger partial charge in [-0.25, -0.2) is 4.72 Å². The minimum absolute atomic E-state index is 0.0552. The van der Waals surface area contributed by atoms with Crippen molar-refractivity contribution in [1.29, 1.82) is 0 Å². The zero-order valence-electron chi connectivity index (χ0n) is 8.10. The van der Waals surface area contributed by atoms with Crippen molar-refractivity contribution in [3.63, 3.8) is 0 Å². The van der Waals surface area contributed by atoms with Crippen LogP contribution >= 0.6 is 0 Å². The van der Waals surface area contributed by atoms with Gasteiger partial charge in [0.15, 0.2) is 0 Å². The molecule has 1 rings (SSSR count). The molecule has 14 heavy (non-hydrogen) atoms. The number of carboxylic acids is 1. The Kier molecular flexibility index (Phi) is 3.13. The summed E-state index contributed by atoms with van der Waals surface area (Å²) >= 11 is 0. The van der Waals surface area contributed by atoms with Crippen molar-refractivity contribution in [2.75, 3.05) is 20.1 Å². The number of carboxylic acid groups (broad SMARTS) is 1. The van der Waals surface area contributed by atoms with E-state index >= 15 is 0 Å². The van der Waals surface area contributed by atoms with Crippen LogP contribution in [0.1, 0.15) is 6.92 Å². The van der Waals surface area contributed by atoms with Gasteiger partial charge in [-0.05, 0) is 5.92 Å². The van der Waals surface area contributed by atoms with Gasteiger partial charge in [0.2, 0.25) is 0 Å². The lowest BCUT2D eigenvalue weighted by Gasteiger charge is -2.14. The first-order valence-corrected chi connectivity index (χ1v) is 5.74. The van der Waals surface area contributed by atoms with Gasteiger partial charge in [-0.15, -0.1) is 0 Å². The van der Waals surface area contributed by atoms with E-state index < -0.39 is 22.1 Å². The Balaban J connectivity index is 2.78. The Hall–Kier alpha value is -0.660. The smallest absolute Gasteiger partial charge is 0.308 e. The van der Waals surface area contributed by atoms with E-state index in [1.165, 1.54) is 7.05 Å². The maximum Gasteiger partial charge on any atom is 0.308 e. The highest BCUT2D eigenvalue weighted by Gasteiger charge is 2.39. The summed E-state index contributed by atoms with van der Waals surface area (Å²) in [7, 11) is -2.16. The second kappa shape index (κ2) is 3.84. The molecule has 1 heterocycles. The summed E-state index contributed by atoms with van der Waals surface area (Å²) in [6.45, 7) is 2.06. The van der Waals surface area contributed by atoms with Crippen LogP contribution in [-0.2, 0) is 15.0 Å². The van der Waals surface area contributed by atoms with Crippen molar-refractivity contribution < 1.29 is 18.3 Å². The average Bonchev–Trinajstić information content (AvgIpc) is 2.48. The van der Waals surface area contributed by atoms with Crippen molar-refractivity contribution >= 4 is 16.2 Å². The molecule has 0 saturated carbocycles. The Morgan fingerprint density at radius 2 is 2.07 bits per heavy atom. The van der Waals surface area contributed by atoms with Gasteiger partial charge in [-0.1, -0.05) is 6.92 Å². The highest BCUT2D eigenvalue weighted by Crippen LogP contribution is 2.24. The maximum absolute atomic E-state index is 11.3. The highest BCUT2D eigenvalue weighted by atomic mass is 32.2. The number of hydrogen-bond acceptors (Lipinski definition) is 3. The van der Waals surface area contributed by atoms with Crippen LogP contribution in [0.2, 0.25) is 0 Å². The third kappa shape index (κ3) is 2.05. The molecule has 2 N–H and O–H groups in total. The van der Waals surface area contributed by atoms with Crippen molar-refractivity contribution in [3.8, 4) is 0 Å². The fourth-order valence-electron chi connectivity index (χ4n) is 1.57. The SMILES string of the molecule is CNS(=O)(=O)N1C[C@@H](C)[C@H](C(=O)O)C1. The van der Waals surface area contributed by atoms with Gasteiger partial charge in [0, 0.05) is 20.1 Å². The van der Waals surface area contributed by atoms with E-state index in [4.69, 9.17) is 5.11 Å². The third-order valence-electron chi connectivity index (χ3n) is 2.49. The molecular weight excluding hydrogens is 208 g/mol. The predicted octanol–water partition coefficient (Wildman–Crippen LogP) is -0.897. The number of nitrogens with one attached hydrogen (secondary N) is 1. The van der Waals surface area contributed by atoms with E-state index in [9.17, 15) is 13.2 Å². The van der Waals surface area contributed by atoms with Crippen LogP contribution in [0.25, 0.3) is 0 Å². The van der Waals surface area contributed by atoms with Crippen LogP contribution in [0, 0.1) is 11.8 Å². The molecule has 0 radical (unpaired) electrons. The molecule has 1 aliphatic heterocycles. The topological polar surface area (TPSA) is 86.7 Å². The minimum Gasteiger partial charge on any atom is -0.481 e. The number of rotatable bonds is 3. The van der Waals surface area contributed by atoms with E-state index in [1.54, 1.807) is 6.92 Å². The molecule has 1 aliphatic rings. The van der Waals surface area contributed by atoms with Crippen molar-refractivity contribution in [2.24, 2.45) is 11.8 Å². The van der Waals surface area contributed by atoms with Gasteiger partial charge in [-0.2, -0.15) is 12.7 Å². The lowest BCUT2D eigenvalue weighted by Crippen LogP contribution is -2.37. The van der Waals surface area contributed by atoms with Crippen molar-refractivity contribution in [1.82, 2.24) is 9.03 Å². The first kappa shape index (κ1) is 11.4. The molecule has 0 unspecified atom stereocenters. The van der Waals surface area contributed by atoms with Gasteiger partial charge in [-0.3, -0.25) is 4.79 Å². The fourth-order valence-corrected chi connectivity index (χ4v) is 2.62. The number of aliphatic carboxylic acids is 1. The first-order chi connectivity index (χ1) is 6.38. The zero-order chi connectivity index (χ0) is 10.9. The van der Waals surface area contributed by atoms with Gasteiger partial charge >= 0.3 is 5.97 Å². The Labute approximate surface area is 83.1 Å². The Morgan fingerprint density at radius 3 is 2.43 bits per heavy atom. The van der Waals surface area contributed by atoms with Crippen LogP contribution < -0.4 is 4.72 Å². The van der Waals surface area contributed by atoms with E-state index in [2.05, 4.69) is 4.72 Å². The molecule has 0 aromatic rings. The van der Waals surface area contributed by atoms with E-state index in [0.29, 0.717) is 0 Å². The van der Waals surface area contributed by atoms with Crippen LogP contribution in [0.3, 0.4) is 0 Å². The zero-order valence-corrected chi connectivity index (χ0v) is 8.91. The number of hydrogen-bond donors (Lipinski definition) is 2. The van der Waals surface area contributed by atoms with Crippen LogP contribution in [-0.4, -0.2) is 43.9 Å². The van der Waals surface area contributed by atoms with E-state index in [0.717, 1.165) is 4.31 Å². The number of carbonyl (C=O) groups is 1. The summed E-state index contributed by atoms with van der Waals surface area (Å²) in [6, 6.07) is 0. The summed E-state index contributed by atoms with van der Waals surface area (Å²) in [5.74, 6) is -1.68. The van der Waals surface area contributed by atoms with Crippen LogP contribution in [0.4, 0.5) is 0 Å². The summed E-state index contributed by atoms with van der Waals surface area (Å²) in [4.78, 5) is 10.7. The quantitative estimate of drug-likeness (QED) is 0.648. The van der Waals surface area contributed by atoms with Gasteiger partial charge in [0.25, 0.3) is 10.2 Å². The summed E-state index contributed by atoms with van der Waals surface area (Å²) in [5, 5.41) is 8.80. The highest BCUT2D eigenvalue weighted by molar-refractivity contribution is 7.87. The third-order valence-corrected chi connectivity index (χ3v) is 3.99. The Bertz CT molecular complexity index is 327. The van der Waals surface area contributed by atoms with E-state index in [1.807, 2.05) is 0 Å². The summed E-state index contributed by atoms with van der Waals surface area (Å²) < 4.78 is 26.0. The first-order valence-electron chi connectivity index (χ1n) is 4.30. The molecule has 2 atom stereocenters. The molecule has 6 nitrogen and oxygen atoms in total. The lowest BCUT2D eigenvalue weighted by molar-refractivity contribution is -0.142. The molecule has 82 valence electrons. The lowest BCUT2D eigenvalue weighted by atomic mass is 9.99. The second-order valence-electron chi connectivity index (χ2n) is 3.45. The fraction of sp³-hybridized carbons (Fsp3) is 0.857. The molecule has 0 aliphatic carbocycles. The van der Waals surface area contributed by atoms with Crippen LogP contribution in [0.5, 0.6) is 0 Å². The maximum atomic E-state index is 11.3. The molecule has 0 spiro atoms. The van der Waals surface area contributed by atoms with Gasteiger partial charge < -0.3 is 5.11 Å². The number of nitrogens with zero attached hydrogens (tertiary/aromatic N) is 1. The van der Waals surface area contributed by atoms with E-state index in [-0.39, 0.29) is 19.0 Å². The minimum atomic E-state index is -3.48. The summed E-state index contributed by atoms with van der Waals surface area (Å²) in [6.07, 6.45) is 0. The second-order valence-corrected chi connectivity index (χ2v) is 5.32. The molecule has 1 saturated heterocycles. The predicted molar refractivity (Wildman–Crippen MR) is 49.8 cm³/mol.